The van der Waals surface area contributed by atoms with E-state index in [-0.39, 0.29) is 5.56 Å². The molecule has 408 valence electrons. The average Bonchev–Trinajstić information content (AvgIpc) is 0.764. The Kier molecular flexibility index (Phi) is 10.9. The Morgan fingerprint density at radius 3 is 1.08 bits per heavy atom. The minimum absolute atomic E-state index is 0.189. The van der Waals surface area contributed by atoms with Gasteiger partial charge < -0.3 is 18.9 Å². The van der Waals surface area contributed by atoms with Crippen LogP contribution in [0.15, 0.2) is 291 Å². The van der Waals surface area contributed by atoms with E-state index in [0.717, 1.165) is 150 Å². The highest BCUT2D eigenvalue weighted by molar-refractivity contribution is 7.00. The van der Waals surface area contributed by atoms with E-state index in [0.29, 0.717) is 11.1 Å². The van der Waals surface area contributed by atoms with Gasteiger partial charge in [0.05, 0.1) is 68.1 Å². The highest BCUT2D eigenvalue weighted by Crippen LogP contribution is 2.51. The number of aryl methyl sites for hydroxylation is 1. The van der Waals surface area contributed by atoms with Gasteiger partial charge in [-0.15, -0.1) is 0 Å². The second kappa shape index (κ2) is 20.1. The predicted octanol–water partition coefficient (Wildman–Crippen LogP) is 18.7. The quantitative estimate of drug-likeness (QED) is 0.142. The summed E-state index contributed by atoms with van der Waals surface area (Å²) in [6.45, 7) is -2.99. The van der Waals surface area contributed by atoms with Gasteiger partial charge in [0.2, 0.25) is 0 Å². The topological polar surface area (TPSA) is 63.9 Å². The summed E-state index contributed by atoms with van der Waals surface area (Å²) in [5.41, 5.74) is 22.6. The molecule has 0 atom stereocenters. The average molecular weight is 1120 g/mol. The molecule has 17 rings (SSSR count). The van der Waals surface area contributed by atoms with Gasteiger partial charge >= 0.3 is 0 Å². The Balaban J connectivity index is 0.980. The first-order valence-electron chi connectivity index (χ1n) is 31.1. The molecule has 2 aromatic heterocycles. The normalized spacial score (nSPS) is 12.9. The Bertz CT molecular complexity index is 5160. The number of hydrogen-bond donors (Lipinski definition) is 0. The second-order valence-electron chi connectivity index (χ2n) is 22.8. The molecule has 0 saturated carbocycles. The van der Waals surface area contributed by atoms with Gasteiger partial charge in [-0.05, 0) is 148 Å². The van der Waals surface area contributed by atoms with Crippen LogP contribution in [0.1, 0.15) is 20.8 Å². The van der Waals surface area contributed by atoms with Gasteiger partial charge in [0.25, 0.3) is 6.71 Å². The zero-order chi connectivity index (χ0) is 61.1. The molecular formula is C81H51BN6. The molecule has 7 heteroatoms. The summed E-state index contributed by atoms with van der Waals surface area (Å²) in [6, 6.07) is 106. The maximum atomic E-state index is 10.7. The van der Waals surface area contributed by atoms with Crippen molar-refractivity contribution in [3.8, 4) is 68.0 Å². The van der Waals surface area contributed by atoms with E-state index in [4.69, 9.17) is 0 Å². The number of rotatable bonds is 8. The van der Waals surface area contributed by atoms with Crippen molar-refractivity contribution in [2.24, 2.45) is 0 Å². The van der Waals surface area contributed by atoms with Gasteiger partial charge in [0.15, 0.2) is 0 Å². The second-order valence-corrected chi connectivity index (χ2v) is 22.8. The Labute approximate surface area is 514 Å². The summed E-state index contributed by atoms with van der Waals surface area (Å²) in [7, 11) is 0. The first kappa shape index (κ1) is 47.5. The van der Waals surface area contributed by atoms with Crippen LogP contribution in [0.25, 0.3) is 99.5 Å². The molecule has 15 aromatic rings. The molecule has 0 N–H and O–H groups in total. The largest absolute Gasteiger partial charge is 0.311 e. The van der Waals surface area contributed by atoms with Gasteiger partial charge in [0, 0.05) is 70.7 Å². The highest BCUT2D eigenvalue weighted by Gasteiger charge is 2.44. The number of nitriles is 2. The van der Waals surface area contributed by atoms with Crippen LogP contribution in [0.2, 0.25) is 0 Å². The van der Waals surface area contributed by atoms with Crippen LogP contribution in [-0.2, 0) is 0 Å². The van der Waals surface area contributed by atoms with Crippen molar-refractivity contribution >= 4 is 101 Å². The minimum Gasteiger partial charge on any atom is -0.311 e. The molecule has 6 nitrogen and oxygen atoms in total. The molecule has 0 saturated heterocycles. The highest BCUT2D eigenvalue weighted by atomic mass is 15.2. The maximum Gasteiger partial charge on any atom is 0.252 e. The Morgan fingerprint density at radius 1 is 0.307 bits per heavy atom. The third-order valence-corrected chi connectivity index (χ3v) is 18.0. The number of benzene rings is 13. The van der Waals surface area contributed by atoms with Gasteiger partial charge in [-0.3, -0.25) is 0 Å². The Hall–Kier alpha value is -11.9. The lowest BCUT2D eigenvalue weighted by Crippen LogP contribution is -2.61. The van der Waals surface area contributed by atoms with Crippen molar-refractivity contribution in [1.82, 2.24) is 9.13 Å². The monoisotopic (exact) mass is 1120 g/mol. The van der Waals surface area contributed by atoms with Gasteiger partial charge in [-0.1, -0.05) is 194 Å². The number of hydrogen-bond acceptors (Lipinski definition) is 4. The summed E-state index contributed by atoms with van der Waals surface area (Å²) in [5, 5.41) is 25.9. The summed E-state index contributed by atoms with van der Waals surface area (Å²) < 4.78 is 32.9. The zero-order valence-corrected chi connectivity index (χ0v) is 47.5. The van der Waals surface area contributed by atoms with E-state index in [1.807, 2.05) is 48.5 Å². The van der Waals surface area contributed by atoms with E-state index < -0.39 is 13.6 Å². The summed E-state index contributed by atoms with van der Waals surface area (Å²) in [5.74, 6) is 0. The lowest BCUT2D eigenvalue weighted by Gasteiger charge is -2.45. The van der Waals surface area contributed by atoms with Crippen LogP contribution in [0.4, 0.5) is 34.1 Å². The first-order valence-corrected chi connectivity index (χ1v) is 29.6. The molecule has 2 aliphatic heterocycles. The van der Waals surface area contributed by atoms with Crippen LogP contribution in [-0.4, -0.2) is 15.8 Å². The summed E-state index contributed by atoms with van der Waals surface area (Å²) in [4.78, 5) is 4.60. The molecule has 0 unspecified atom stereocenters. The molecule has 13 aromatic carbocycles. The number of aromatic nitrogens is 2. The van der Waals surface area contributed by atoms with E-state index >= 15 is 0 Å². The Morgan fingerprint density at radius 2 is 0.682 bits per heavy atom. The fourth-order valence-electron chi connectivity index (χ4n) is 14.3. The molecule has 0 aliphatic carbocycles. The number of anilines is 6. The summed E-state index contributed by atoms with van der Waals surface area (Å²) in [6.07, 6.45) is 0. The lowest BCUT2D eigenvalue weighted by atomic mass is 9.33. The fourth-order valence-corrected chi connectivity index (χ4v) is 14.3. The molecule has 2 aliphatic rings. The van der Waals surface area contributed by atoms with Crippen molar-refractivity contribution in [2.45, 2.75) is 6.85 Å². The van der Waals surface area contributed by atoms with Crippen molar-refractivity contribution in [1.29, 1.82) is 10.5 Å². The lowest BCUT2D eigenvalue weighted by molar-refractivity contribution is 1.18. The van der Waals surface area contributed by atoms with E-state index in [9.17, 15) is 14.6 Å². The molecule has 0 spiro atoms. The van der Waals surface area contributed by atoms with Crippen molar-refractivity contribution in [3.05, 3.63) is 308 Å². The molecule has 4 heterocycles. The number of para-hydroxylation sites is 6. The third-order valence-electron chi connectivity index (χ3n) is 18.0. The van der Waals surface area contributed by atoms with Gasteiger partial charge in [-0.2, -0.15) is 10.5 Å². The summed E-state index contributed by atoms with van der Waals surface area (Å²) >= 11 is 0. The van der Waals surface area contributed by atoms with Crippen LogP contribution >= 0.6 is 0 Å². The van der Waals surface area contributed by atoms with Gasteiger partial charge in [0.1, 0.15) is 0 Å². The number of fused-ring (bicyclic) bond motifs is 10. The van der Waals surface area contributed by atoms with Crippen molar-refractivity contribution in [3.63, 3.8) is 0 Å². The maximum absolute atomic E-state index is 10.7. The van der Waals surface area contributed by atoms with Gasteiger partial charge in [-0.25, -0.2) is 0 Å². The van der Waals surface area contributed by atoms with Crippen LogP contribution in [0.5, 0.6) is 0 Å². The molecule has 0 radical (unpaired) electrons. The van der Waals surface area contributed by atoms with E-state index in [2.05, 4.69) is 274 Å². The first-order chi connectivity index (χ1) is 44.7. The smallest absolute Gasteiger partial charge is 0.252 e. The third kappa shape index (κ3) is 7.75. The van der Waals surface area contributed by atoms with Crippen molar-refractivity contribution in [2.75, 3.05) is 9.80 Å². The molecule has 88 heavy (non-hydrogen) atoms. The van der Waals surface area contributed by atoms with Crippen LogP contribution in [0.3, 0.4) is 0 Å². The van der Waals surface area contributed by atoms with E-state index in [1.54, 1.807) is 0 Å². The van der Waals surface area contributed by atoms with Crippen LogP contribution in [0, 0.1) is 29.5 Å². The molecule has 0 fully saturated rings. The number of nitrogens with zero attached hydrogens (tertiary/aromatic N) is 6. The molecule has 0 bridgehead atoms. The SMILES string of the molecule is [2H]C([2H])([2H])c1cc2c3c(c1)N(c1ccccc1-c1ccccc1)c1cc(-c4cc(C#N)ccc4-n4c5ccccc5c5ccccc54)ccc1B3c1ccc(-c3cc(C#N)ccc3-n3c4ccccc4c4ccccc43)cc1N2c1ccccc1-c1ccccc1. The minimum atomic E-state index is -2.55. The van der Waals surface area contributed by atoms with E-state index in [1.165, 1.54) is 0 Å². The van der Waals surface area contributed by atoms with Crippen LogP contribution < -0.4 is 26.2 Å². The standard InChI is InChI=1S/C81H51BN6/c1-52-44-79-81-80(45-52)88(70-31-15-9-25-60(70)56-22-6-3-7-23-56)78-49-58(66-47-54(51-84)37-43-76(66)86-73-34-18-12-28-63(73)64-29-13-19-35-74(64)86)39-41-68(78)82(81)67-40-38-57(48-77(67)87(79)69-30-14-8-24-59(69)55-20-4-2-5-21-55)65-46-53(50-83)36-42-75(65)85-71-32-16-10-26-61(71)62-27-11-17-33-72(62)85/h2-49H,1H3/i1D3. The molecule has 0 amide bonds. The predicted molar refractivity (Wildman–Crippen MR) is 365 cm³/mol. The van der Waals surface area contributed by atoms with Crippen molar-refractivity contribution < 1.29 is 4.11 Å². The zero-order valence-electron chi connectivity index (χ0n) is 50.5. The fraction of sp³-hybridized carbons (Fsp3) is 0.0123. The molecular weight excluding hydrogens is 1070 g/mol.